The summed E-state index contributed by atoms with van der Waals surface area (Å²) in [6, 6.07) is 0. The van der Waals surface area contributed by atoms with Gasteiger partial charge in [-0.05, 0) is 43.9 Å². The van der Waals surface area contributed by atoms with Gasteiger partial charge in [-0.15, -0.1) is 0 Å². The molecular weight excluding hydrogens is 156 g/mol. The van der Waals surface area contributed by atoms with Crippen LogP contribution in [0.15, 0.2) is 12.2 Å². The van der Waals surface area contributed by atoms with Gasteiger partial charge in [0.25, 0.3) is 0 Å². The van der Waals surface area contributed by atoms with Crippen LogP contribution in [0.1, 0.15) is 52.9 Å². The van der Waals surface area contributed by atoms with Crippen molar-refractivity contribution >= 4 is 0 Å². The van der Waals surface area contributed by atoms with E-state index in [0.717, 1.165) is 17.8 Å². The van der Waals surface area contributed by atoms with Crippen LogP contribution in [0.25, 0.3) is 0 Å². The maximum Gasteiger partial charge on any atom is -0.0262 e. The first-order valence-electron chi connectivity index (χ1n) is 5.87. The van der Waals surface area contributed by atoms with Crippen LogP contribution in [-0.4, -0.2) is 0 Å². The molecule has 0 nitrogen and oxygen atoms in total. The summed E-state index contributed by atoms with van der Waals surface area (Å²) in [5.41, 5.74) is 0. The largest absolute Gasteiger partial charge is 0.0914 e. The van der Waals surface area contributed by atoms with Crippen molar-refractivity contribution in [3.05, 3.63) is 12.2 Å². The first-order valence-corrected chi connectivity index (χ1v) is 5.87. The summed E-state index contributed by atoms with van der Waals surface area (Å²) in [5, 5.41) is 0. The zero-order chi connectivity index (χ0) is 9.68. The Bertz CT molecular complexity index is 153. The molecule has 1 fully saturated rings. The summed E-state index contributed by atoms with van der Waals surface area (Å²) in [6.07, 6.45) is 11.8. The van der Waals surface area contributed by atoms with E-state index in [-0.39, 0.29) is 0 Å². The minimum Gasteiger partial charge on any atom is -0.0914 e. The summed E-state index contributed by atoms with van der Waals surface area (Å²) in [4.78, 5) is 0. The highest BCUT2D eigenvalue weighted by Gasteiger charge is 2.27. The van der Waals surface area contributed by atoms with Crippen LogP contribution in [0.4, 0.5) is 0 Å². The Morgan fingerprint density at radius 3 is 2.46 bits per heavy atom. The molecule has 0 bridgehead atoms. The van der Waals surface area contributed by atoms with Gasteiger partial charge in [-0.25, -0.2) is 0 Å². The molecule has 1 aliphatic rings. The van der Waals surface area contributed by atoms with Crippen LogP contribution < -0.4 is 0 Å². The standard InChI is InChI=1S/C13H24/c1-4-6-11(2)7-5-8-12(3)13-9-10-13/h4,6,11-13H,5,7-10H2,1-3H3. The van der Waals surface area contributed by atoms with E-state index >= 15 is 0 Å². The van der Waals surface area contributed by atoms with Gasteiger partial charge < -0.3 is 0 Å². The molecule has 76 valence electrons. The highest BCUT2D eigenvalue weighted by atomic mass is 14.3. The normalized spacial score (nSPS) is 22.1. The number of rotatable bonds is 6. The van der Waals surface area contributed by atoms with Crippen molar-refractivity contribution in [3.63, 3.8) is 0 Å². The van der Waals surface area contributed by atoms with E-state index in [1.54, 1.807) is 0 Å². The van der Waals surface area contributed by atoms with E-state index in [9.17, 15) is 0 Å². The second-order valence-electron chi connectivity index (χ2n) is 4.75. The SMILES string of the molecule is CC=CC(C)CCCC(C)C1CC1. The van der Waals surface area contributed by atoms with Crippen molar-refractivity contribution in [3.8, 4) is 0 Å². The van der Waals surface area contributed by atoms with Crippen LogP contribution in [0.2, 0.25) is 0 Å². The topological polar surface area (TPSA) is 0 Å². The van der Waals surface area contributed by atoms with Gasteiger partial charge in [0.05, 0.1) is 0 Å². The smallest absolute Gasteiger partial charge is 0.0262 e. The first kappa shape index (κ1) is 10.8. The van der Waals surface area contributed by atoms with Crippen LogP contribution in [-0.2, 0) is 0 Å². The van der Waals surface area contributed by atoms with E-state index in [1.165, 1.54) is 32.1 Å². The summed E-state index contributed by atoms with van der Waals surface area (Å²) in [6.45, 7) is 6.86. The lowest BCUT2D eigenvalue weighted by molar-refractivity contribution is 0.430. The molecule has 0 N–H and O–H groups in total. The van der Waals surface area contributed by atoms with Crippen molar-refractivity contribution in [2.45, 2.75) is 52.9 Å². The molecule has 0 saturated heterocycles. The van der Waals surface area contributed by atoms with E-state index in [0.29, 0.717) is 0 Å². The third-order valence-corrected chi connectivity index (χ3v) is 3.27. The molecule has 2 atom stereocenters. The zero-order valence-electron chi connectivity index (χ0n) is 9.42. The van der Waals surface area contributed by atoms with Gasteiger partial charge in [0.2, 0.25) is 0 Å². The summed E-state index contributed by atoms with van der Waals surface area (Å²) < 4.78 is 0. The van der Waals surface area contributed by atoms with Crippen molar-refractivity contribution in [1.29, 1.82) is 0 Å². The second kappa shape index (κ2) is 5.47. The van der Waals surface area contributed by atoms with Gasteiger partial charge >= 0.3 is 0 Å². The molecule has 0 aromatic carbocycles. The van der Waals surface area contributed by atoms with Crippen LogP contribution in [0.3, 0.4) is 0 Å². The fraction of sp³-hybridized carbons (Fsp3) is 0.846. The van der Waals surface area contributed by atoms with E-state index in [1.807, 2.05) is 0 Å². The van der Waals surface area contributed by atoms with E-state index in [4.69, 9.17) is 0 Å². The number of hydrogen-bond donors (Lipinski definition) is 0. The molecule has 0 radical (unpaired) electrons. The molecule has 13 heavy (non-hydrogen) atoms. The predicted octanol–water partition coefficient (Wildman–Crippen LogP) is 4.42. The maximum absolute atomic E-state index is 2.43. The lowest BCUT2D eigenvalue weighted by atomic mass is 9.95. The molecule has 1 saturated carbocycles. The van der Waals surface area contributed by atoms with Crippen molar-refractivity contribution in [2.75, 3.05) is 0 Å². The zero-order valence-corrected chi connectivity index (χ0v) is 9.42. The highest BCUT2D eigenvalue weighted by Crippen LogP contribution is 2.38. The van der Waals surface area contributed by atoms with Gasteiger partial charge in [0.15, 0.2) is 0 Å². The Hall–Kier alpha value is -0.260. The molecule has 0 amide bonds. The Morgan fingerprint density at radius 1 is 1.23 bits per heavy atom. The monoisotopic (exact) mass is 180 g/mol. The summed E-state index contributed by atoms with van der Waals surface area (Å²) in [7, 11) is 0. The molecule has 0 heterocycles. The summed E-state index contributed by atoms with van der Waals surface area (Å²) >= 11 is 0. The lowest BCUT2D eigenvalue weighted by Gasteiger charge is -2.10. The third kappa shape index (κ3) is 4.50. The molecule has 1 rings (SSSR count). The predicted molar refractivity (Wildman–Crippen MR) is 59.7 cm³/mol. The average molecular weight is 180 g/mol. The minimum atomic E-state index is 0.788. The van der Waals surface area contributed by atoms with E-state index in [2.05, 4.69) is 32.9 Å². The molecule has 2 unspecified atom stereocenters. The van der Waals surface area contributed by atoms with Crippen molar-refractivity contribution in [2.24, 2.45) is 17.8 Å². The van der Waals surface area contributed by atoms with Gasteiger partial charge in [-0.1, -0.05) is 38.8 Å². The Morgan fingerprint density at radius 2 is 1.92 bits per heavy atom. The fourth-order valence-corrected chi connectivity index (χ4v) is 2.09. The average Bonchev–Trinajstić information content (AvgIpc) is 2.86. The van der Waals surface area contributed by atoms with Crippen LogP contribution >= 0.6 is 0 Å². The minimum absolute atomic E-state index is 0.788. The number of hydrogen-bond acceptors (Lipinski definition) is 0. The van der Waals surface area contributed by atoms with Crippen molar-refractivity contribution in [1.82, 2.24) is 0 Å². The molecule has 0 aliphatic heterocycles. The van der Waals surface area contributed by atoms with Crippen molar-refractivity contribution < 1.29 is 0 Å². The molecule has 0 spiro atoms. The van der Waals surface area contributed by atoms with Gasteiger partial charge in [-0.3, -0.25) is 0 Å². The molecule has 0 aromatic rings. The van der Waals surface area contributed by atoms with E-state index < -0.39 is 0 Å². The lowest BCUT2D eigenvalue weighted by Crippen LogP contribution is -1.98. The van der Waals surface area contributed by atoms with Gasteiger partial charge in [-0.2, -0.15) is 0 Å². The maximum atomic E-state index is 2.43. The van der Waals surface area contributed by atoms with Gasteiger partial charge in [0.1, 0.15) is 0 Å². The molecule has 0 heteroatoms. The fourth-order valence-electron chi connectivity index (χ4n) is 2.09. The molecule has 0 aromatic heterocycles. The Labute approximate surface area is 83.4 Å². The highest BCUT2D eigenvalue weighted by molar-refractivity contribution is 4.83. The van der Waals surface area contributed by atoms with Gasteiger partial charge in [0, 0.05) is 0 Å². The summed E-state index contributed by atoms with van der Waals surface area (Å²) in [5.74, 6) is 2.88. The molecule has 1 aliphatic carbocycles. The quantitative estimate of drug-likeness (QED) is 0.531. The first-order chi connectivity index (χ1) is 6.24. The second-order valence-corrected chi connectivity index (χ2v) is 4.75. The van der Waals surface area contributed by atoms with Crippen LogP contribution in [0.5, 0.6) is 0 Å². The third-order valence-electron chi connectivity index (χ3n) is 3.27. The Balaban J connectivity index is 1.98. The number of allylic oxidation sites excluding steroid dienone is 2. The van der Waals surface area contributed by atoms with Crippen LogP contribution in [0, 0.1) is 17.8 Å². The molecular formula is C13H24. The Kier molecular flexibility index (Phi) is 4.55.